The summed E-state index contributed by atoms with van der Waals surface area (Å²) in [6, 6.07) is 9.78. The van der Waals surface area contributed by atoms with Crippen LogP contribution in [0.5, 0.6) is 5.75 Å². The minimum Gasteiger partial charge on any atom is -0.506 e. The first-order chi connectivity index (χ1) is 18.8. The molecule has 5 N–H and O–H groups in total. The summed E-state index contributed by atoms with van der Waals surface area (Å²) >= 11 is 0.743. The van der Waals surface area contributed by atoms with Gasteiger partial charge in [0.15, 0.2) is 0 Å². The zero-order valence-corrected chi connectivity index (χ0v) is 21.8. The largest absolute Gasteiger partial charge is 0.506 e. The first kappa shape index (κ1) is 25.1. The van der Waals surface area contributed by atoms with Gasteiger partial charge in [-0.1, -0.05) is 29.8 Å². The number of aromatic hydroxyl groups is 1. The maximum atomic E-state index is 14.0. The molecule has 198 valence electrons. The van der Waals surface area contributed by atoms with Crippen molar-refractivity contribution >= 4 is 44.9 Å². The number of aromatic nitrogens is 2. The van der Waals surface area contributed by atoms with Gasteiger partial charge in [-0.3, -0.25) is 4.79 Å². The van der Waals surface area contributed by atoms with Crippen molar-refractivity contribution in [3.8, 4) is 16.9 Å². The second kappa shape index (κ2) is 9.52. The molecule has 0 radical (unpaired) electrons. The lowest BCUT2D eigenvalue weighted by atomic mass is 9.97. The average Bonchev–Trinajstić information content (AvgIpc) is 3.43. The van der Waals surface area contributed by atoms with Gasteiger partial charge in [0, 0.05) is 44.8 Å². The monoisotopic (exact) mass is 544 g/mol. The number of aliphatic hydroxyl groups excluding tert-OH is 1. The van der Waals surface area contributed by atoms with Crippen LogP contribution in [0.15, 0.2) is 54.2 Å². The Morgan fingerprint density at radius 2 is 1.92 bits per heavy atom. The summed E-state index contributed by atoms with van der Waals surface area (Å²) in [7, 11) is 0. The van der Waals surface area contributed by atoms with Gasteiger partial charge >= 0.3 is 5.97 Å². The van der Waals surface area contributed by atoms with E-state index in [4.69, 9.17) is 0 Å². The number of aromatic carboxylic acids is 1. The highest BCUT2D eigenvalue weighted by Gasteiger charge is 2.35. The number of aliphatic hydroxyl groups is 1. The Morgan fingerprint density at radius 3 is 2.64 bits per heavy atom. The van der Waals surface area contributed by atoms with E-state index in [0.29, 0.717) is 33.8 Å². The van der Waals surface area contributed by atoms with E-state index in [2.05, 4.69) is 9.97 Å². The van der Waals surface area contributed by atoms with Crippen LogP contribution < -0.4 is 0 Å². The van der Waals surface area contributed by atoms with Gasteiger partial charge in [0.25, 0.3) is 0 Å². The summed E-state index contributed by atoms with van der Waals surface area (Å²) in [6.07, 6.45) is 5.83. The van der Waals surface area contributed by atoms with E-state index in [9.17, 15) is 29.3 Å². The number of para-hydroxylation sites is 1. The van der Waals surface area contributed by atoms with Crippen molar-refractivity contribution in [1.29, 1.82) is 0 Å². The number of fused-ring (bicyclic) bond motifs is 2. The lowest BCUT2D eigenvalue weighted by Gasteiger charge is -2.06. The number of nitrogens with one attached hydrogen (secondary N) is 2. The maximum absolute atomic E-state index is 14.0. The SMILES string of the molecule is C/C(=C/Cc1cccc2c(C(=O)c3sc(C(=O)O)c(-c4c(C5CC5)[nH]c5cc(F)ccc45)c3O)c[nH]c12)CO. The highest BCUT2D eigenvalue weighted by Crippen LogP contribution is 2.52. The van der Waals surface area contributed by atoms with Gasteiger partial charge in [0.1, 0.15) is 21.3 Å². The van der Waals surface area contributed by atoms with E-state index in [1.54, 1.807) is 18.3 Å². The van der Waals surface area contributed by atoms with Crippen molar-refractivity contribution in [1.82, 2.24) is 9.97 Å². The molecule has 0 unspecified atom stereocenters. The van der Waals surface area contributed by atoms with E-state index in [0.717, 1.165) is 46.5 Å². The van der Waals surface area contributed by atoms with Crippen LogP contribution in [0.3, 0.4) is 0 Å². The number of aromatic amines is 2. The van der Waals surface area contributed by atoms with Crippen LogP contribution >= 0.6 is 11.3 Å². The van der Waals surface area contributed by atoms with Gasteiger partial charge in [-0.05, 0) is 55.9 Å². The summed E-state index contributed by atoms with van der Waals surface area (Å²) in [6.45, 7) is 1.80. The molecule has 3 heterocycles. The Kier molecular flexibility index (Phi) is 6.12. The maximum Gasteiger partial charge on any atom is 0.346 e. The number of H-pyrrole nitrogens is 2. The van der Waals surface area contributed by atoms with Crippen molar-refractivity contribution in [3.05, 3.63) is 86.6 Å². The lowest BCUT2D eigenvalue weighted by molar-refractivity contribution is 0.0702. The number of benzene rings is 2. The number of carboxylic acid groups (broad SMARTS) is 1. The van der Waals surface area contributed by atoms with E-state index in [-0.39, 0.29) is 33.6 Å². The third kappa shape index (κ3) is 4.24. The van der Waals surface area contributed by atoms with Crippen LogP contribution in [-0.4, -0.2) is 43.6 Å². The fourth-order valence-electron chi connectivity index (χ4n) is 5.14. The summed E-state index contributed by atoms with van der Waals surface area (Å²) in [5, 5.41) is 32.1. The molecule has 0 amide bonds. The molecule has 3 aromatic heterocycles. The molecule has 1 fully saturated rings. The third-order valence-corrected chi connectivity index (χ3v) is 8.44. The van der Waals surface area contributed by atoms with Crippen molar-refractivity contribution < 1.29 is 29.3 Å². The normalized spacial score (nSPS) is 14.0. The molecule has 0 aliphatic heterocycles. The Hall–Kier alpha value is -4.21. The second-order valence-corrected chi connectivity index (χ2v) is 11.0. The number of hydrogen-bond acceptors (Lipinski definition) is 5. The number of thiophene rings is 1. The Labute approximate surface area is 226 Å². The highest BCUT2D eigenvalue weighted by atomic mass is 32.1. The Balaban J connectivity index is 1.50. The van der Waals surface area contributed by atoms with Gasteiger partial charge < -0.3 is 25.3 Å². The number of halogens is 1. The van der Waals surface area contributed by atoms with Crippen LogP contribution in [0.25, 0.3) is 32.9 Å². The number of allylic oxidation sites excluding steroid dienone is 1. The van der Waals surface area contributed by atoms with Crippen LogP contribution in [0.2, 0.25) is 0 Å². The fourth-order valence-corrected chi connectivity index (χ4v) is 6.14. The molecular formula is C30H25FN2O5S. The molecule has 0 spiro atoms. The van der Waals surface area contributed by atoms with E-state index < -0.39 is 17.6 Å². The summed E-state index contributed by atoms with van der Waals surface area (Å²) in [4.78, 5) is 32.3. The Morgan fingerprint density at radius 1 is 1.13 bits per heavy atom. The van der Waals surface area contributed by atoms with E-state index in [1.165, 1.54) is 12.1 Å². The first-order valence-corrected chi connectivity index (χ1v) is 13.4. The summed E-state index contributed by atoms with van der Waals surface area (Å²) < 4.78 is 14.0. The Bertz CT molecular complexity index is 1820. The minimum absolute atomic E-state index is 0.0375. The van der Waals surface area contributed by atoms with E-state index in [1.807, 2.05) is 25.1 Å². The fraction of sp³-hybridized carbons (Fsp3) is 0.200. The van der Waals surface area contributed by atoms with Crippen LogP contribution in [0.4, 0.5) is 4.39 Å². The molecular weight excluding hydrogens is 519 g/mol. The van der Waals surface area contributed by atoms with Crippen LogP contribution in [0.1, 0.15) is 61.8 Å². The van der Waals surface area contributed by atoms with Crippen molar-refractivity contribution in [2.45, 2.75) is 32.1 Å². The third-order valence-electron chi connectivity index (χ3n) is 7.27. The molecule has 1 saturated carbocycles. The van der Waals surface area contributed by atoms with Crippen LogP contribution in [0, 0.1) is 5.82 Å². The minimum atomic E-state index is -1.25. The van der Waals surface area contributed by atoms with Gasteiger partial charge in [-0.25, -0.2) is 9.18 Å². The lowest BCUT2D eigenvalue weighted by Crippen LogP contribution is -1.98. The molecule has 1 aliphatic carbocycles. The highest BCUT2D eigenvalue weighted by molar-refractivity contribution is 7.17. The number of carbonyl (C=O) groups is 2. The zero-order chi connectivity index (χ0) is 27.4. The second-order valence-electron chi connectivity index (χ2n) is 9.95. The standard InChI is InChI=1S/C30H25FN2O5S/c1-14(13-34)5-6-15-3-2-4-18-20(12-32-24(15)18)26(35)29-27(36)23(28(39-29)30(37)38)22-19-10-9-17(31)11-21(19)33-25(22)16-7-8-16/h2-5,9-12,16,32-34,36H,6-8,13H2,1H3,(H,37,38)/b14-5-. The quantitative estimate of drug-likeness (QED) is 0.112. The molecule has 39 heavy (non-hydrogen) atoms. The van der Waals surface area contributed by atoms with Gasteiger partial charge in [0.2, 0.25) is 5.78 Å². The van der Waals surface area contributed by atoms with Crippen LogP contribution in [-0.2, 0) is 6.42 Å². The zero-order valence-electron chi connectivity index (χ0n) is 21.0. The summed E-state index contributed by atoms with van der Waals surface area (Å²) in [5.41, 5.74) is 4.68. The van der Waals surface area contributed by atoms with Crippen molar-refractivity contribution in [3.63, 3.8) is 0 Å². The summed E-state index contributed by atoms with van der Waals surface area (Å²) in [5.74, 6) is -2.42. The molecule has 0 bridgehead atoms. The molecule has 5 aromatic rings. The predicted molar refractivity (Wildman–Crippen MR) is 148 cm³/mol. The topological polar surface area (TPSA) is 126 Å². The molecule has 1 aliphatic rings. The first-order valence-electron chi connectivity index (χ1n) is 12.6. The number of hydrogen-bond donors (Lipinski definition) is 5. The molecule has 0 saturated heterocycles. The smallest absolute Gasteiger partial charge is 0.346 e. The molecule has 2 aromatic carbocycles. The number of ketones is 1. The van der Waals surface area contributed by atoms with E-state index >= 15 is 0 Å². The predicted octanol–water partition coefficient (Wildman–Crippen LogP) is 6.51. The van der Waals surface area contributed by atoms with Crippen molar-refractivity contribution in [2.24, 2.45) is 0 Å². The van der Waals surface area contributed by atoms with Crippen molar-refractivity contribution in [2.75, 3.05) is 6.61 Å². The molecule has 9 heteroatoms. The number of carbonyl (C=O) groups excluding carboxylic acids is 1. The molecule has 6 rings (SSSR count). The van der Waals surface area contributed by atoms with Gasteiger partial charge in [-0.15, -0.1) is 11.3 Å². The molecule has 0 atom stereocenters. The van der Waals surface area contributed by atoms with Gasteiger partial charge in [-0.2, -0.15) is 0 Å². The molecule has 7 nitrogen and oxygen atoms in total. The average molecular weight is 545 g/mol. The number of carboxylic acids is 1. The van der Waals surface area contributed by atoms with Gasteiger partial charge in [0.05, 0.1) is 12.2 Å². The number of rotatable bonds is 8.